The Morgan fingerprint density at radius 2 is 1.84 bits per heavy atom. The lowest BCUT2D eigenvalue weighted by molar-refractivity contribution is -0.117. The Bertz CT molecular complexity index is 704. The smallest absolute Gasteiger partial charge is 0.238 e. The van der Waals surface area contributed by atoms with Crippen LogP contribution in [0, 0.1) is 6.92 Å². The first-order valence-corrected chi connectivity index (χ1v) is 8.78. The Kier molecular flexibility index (Phi) is 7.28. The Labute approximate surface area is 157 Å². The second-order valence-corrected chi connectivity index (χ2v) is 6.68. The predicted octanol–water partition coefficient (Wildman–Crippen LogP) is 3.72. The summed E-state index contributed by atoms with van der Waals surface area (Å²) in [5.41, 5.74) is 1.85. The van der Waals surface area contributed by atoms with Crippen LogP contribution in [0.2, 0.25) is 0 Å². The number of benzene rings is 2. The average molecular weight is 407 g/mol. The van der Waals surface area contributed by atoms with E-state index in [1.807, 2.05) is 61.3 Å². The summed E-state index contributed by atoms with van der Waals surface area (Å²) >= 11 is 3.42. The maximum atomic E-state index is 12.1. The van der Waals surface area contributed by atoms with Gasteiger partial charge in [-0.15, -0.1) is 0 Å². The quantitative estimate of drug-likeness (QED) is 0.725. The molecule has 25 heavy (non-hydrogen) atoms. The summed E-state index contributed by atoms with van der Waals surface area (Å²) in [4.78, 5) is 14.1. The number of nitrogens with zero attached hydrogens (tertiary/aromatic N) is 1. The number of ether oxygens (including phenoxy) is 2. The minimum Gasteiger partial charge on any atom is -0.497 e. The highest BCUT2D eigenvalue weighted by molar-refractivity contribution is 9.10. The molecule has 1 amide bonds. The zero-order valence-electron chi connectivity index (χ0n) is 14.7. The van der Waals surface area contributed by atoms with Crippen LogP contribution in [0.3, 0.4) is 0 Å². The molecule has 0 aromatic heterocycles. The monoisotopic (exact) mass is 406 g/mol. The third kappa shape index (κ3) is 6.40. The van der Waals surface area contributed by atoms with Crippen molar-refractivity contribution in [2.45, 2.75) is 6.92 Å². The molecule has 0 saturated heterocycles. The number of hydrogen-bond acceptors (Lipinski definition) is 4. The fourth-order valence-corrected chi connectivity index (χ4v) is 2.75. The van der Waals surface area contributed by atoms with E-state index >= 15 is 0 Å². The van der Waals surface area contributed by atoms with E-state index in [9.17, 15) is 4.79 Å². The number of hydrogen-bond donors (Lipinski definition) is 1. The number of carbonyl (C=O) groups excluding carboxylic acids is 1. The molecule has 0 fully saturated rings. The van der Waals surface area contributed by atoms with Crippen molar-refractivity contribution in [1.29, 1.82) is 0 Å². The van der Waals surface area contributed by atoms with Gasteiger partial charge in [0.05, 0.1) is 13.7 Å². The lowest BCUT2D eigenvalue weighted by Crippen LogP contribution is -2.33. The molecule has 0 aliphatic heterocycles. The molecule has 0 aliphatic carbocycles. The second kappa shape index (κ2) is 9.44. The van der Waals surface area contributed by atoms with E-state index in [1.165, 1.54) is 0 Å². The molecule has 0 atom stereocenters. The molecule has 134 valence electrons. The van der Waals surface area contributed by atoms with E-state index in [0.29, 0.717) is 19.7 Å². The van der Waals surface area contributed by atoms with Crippen molar-refractivity contribution in [3.8, 4) is 11.5 Å². The number of halogens is 1. The highest BCUT2D eigenvalue weighted by Crippen LogP contribution is 2.20. The van der Waals surface area contributed by atoms with Crippen LogP contribution < -0.4 is 14.8 Å². The normalized spacial score (nSPS) is 10.6. The summed E-state index contributed by atoms with van der Waals surface area (Å²) < 4.78 is 11.8. The van der Waals surface area contributed by atoms with E-state index in [-0.39, 0.29) is 5.91 Å². The van der Waals surface area contributed by atoms with Gasteiger partial charge in [-0.3, -0.25) is 9.69 Å². The Morgan fingerprint density at radius 1 is 1.16 bits per heavy atom. The zero-order chi connectivity index (χ0) is 18.2. The molecular formula is C19H23BrN2O3. The molecule has 0 radical (unpaired) electrons. The summed E-state index contributed by atoms with van der Waals surface area (Å²) in [5.74, 6) is 1.53. The minimum atomic E-state index is -0.0441. The summed E-state index contributed by atoms with van der Waals surface area (Å²) in [6.45, 7) is 3.43. The third-order valence-corrected chi connectivity index (χ3v) is 4.17. The van der Waals surface area contributed by atoms with Crippen molar-refractivity contribution < 1.29 is 14.3 Å². The number of methoxy groups -OCH3 is 1. The molecule has 2 aromatic carbocycles. The lowest BCUT2D eigenvalue weighted by Gasteiger charge is -2.17. The van der Waals surface area contributed by atoms with Gasteiger partial charge in [-0.2, -0.15) is 0 Å². The van der Waals surface area contributed by atoms with Gasteiger partial charge in [0.15, 0.2) is 0 Å². The zero-order valence-corrected chi connectivity index (χ0v) is 16.3. The molecule has 0 bridgehead atoms. The van der Waals surface area contributed by atoms with Gasteiger partial charge in [0.25, 0.3) is 0 Å². The summed E-state index contributed by atoms with van der Waals surface area (Å²) in [6, 6.07) is 13.2. The number of anilines is 1. The number of aryl methyl sites for hydroxylation is 1. The molecule has 0 spiro atoms. The highest BCUT2D eigenvalue weighted by atomic mass is 79.9. The maximum Gasteiger partial charge on any atom is 0.238 e. The first-order valence-electron chi connectivity index (χ1n) is 7.99. The lowest BCUT2D eigenvalue weighted by atomic mass is 10.2. The molecular weight excluding hydrogens is 384 g/mol. The molecule has 0 unspecified atom stereocenters. The van der Waals surface area contributed by atoms with Crippen LogP contribution in [-0.2, 0) is 4.79 Å². The Hall–Kier alpha value is -2.05. The van der Waals surface area contributed by atoms with Crippen LogP contribution in [0.25, 0.3) is 0 Å². The van der Waals surface area contributed by atoms with Crippen molar-refractivity contribution in [2.75, 3.05) is 39.2 Å². The topological polar surface area (TPSA) is 50.8 Å². The van der Waals surface area contributed by atoms with Crippen LogP contribution in [0.1, 0.15) is 5.56 Å². The van der Waals surface area contributed by atoms with E-state index < -0.39 is 0 Å². The number of nitrogens with one attached hydrogen (secondary N) is 1. The van der Waals surface area contributed by atoms with Crippen LogP contribution >= 0.6 is 15.9 Å². The van der Waals surface area contributed by atoms with Gasteiger partial charge in [-0.25, -0.2) is 0 Å². The van der Waals surface area contributed by atoms with Crippen LogP contribution in [-0.4, -0.2) is 44.7 Å². The van der Waals surface area contributed by atoms with Gasteiger partial charge in [0, 0.05) is 16.7 Å². The second-order valence-electron chi connectivity index (χ2n) is 5.77. The van der Waals surface area contributed by atoms with Crippen LogP contribution in [0.4, 0.5) is 5.69 Å². The fraction of sp³-hybridized carbons (Fsp3) is 0.316. The molecule has 5 nitrogen and oxygen atoms in total. The van der Waals surface area contributed by atoms with Crippen LogP contribution in [0.5, 0.6) is 11.5 Å². The largest absolute Gasteiger partial charge is 0.497 e. The van der Waals surface area contributed by atoms with Crippen molar-refractivity contribution in [3.05, 3.63) is 52.5 Å². The standard InChI is InChI=1S/C19H23BrN2O3/c1-14-12-15(20)4-9-18(14)21-19(23)13-22(2)10-11-25-17-7-5-16(24-3)6-8-17/h4-9,12H,10-11,13H2,1-3H3,(H,21,23). The van der Waals surface area contributed by atoms with Gasteiger partial charge in [0.1, 0.15) is 18.1 Å². The van der Waals surface area contributed by atoms with Gasteiger partial charge < -0.3 is 14.8 Å². The van der Waals surface area contributed by atoms with Crippen molar-refractivity contribution in [2.24, 2.45) is 0 Å². The van der Waals surface area contributed by atoms with Crippen molar-refractivity contribution >= 4 is 27.5 Å². The van der Waals surface area contributed by atoms with Crippen LogP contribution in [0.15, 0.2) is 46.9 Å². The van der Waals surface area contributed by atoms with Gasteiger partial charge >= 0.3 is 0 Å². The molecule has 2 rings (SSSR count). The maximum absolute atomic E-state index is 12.1. The number of likely N-dealkylation sites (N-methyl/N-ethyl adjacent to an activating group) is 1. The number of rotatable bonds is 8. The van der Waals surface area contributed by atoms with Crippen molar-refractivity contribution in [1.82, 2.24) is 4.90 Å². The first-order chi connectivity index (χ1) is 12.0. The Morgan fingerprint density at radius 3 is 2.48 bits per heavy atom. The number of carbonyl (C=O) groups is 1. The molecule has 0 heterocycles. The van der Waals surface area contributed by atoms with Crippen molar-refractivity contribution in [3.63, 3.8) is 0 Å². The predicted molar refractivity (Wildman–Crippen MR) is 103 cm³/mol. The molecule has 6 heteroatoms. The minimum absolute atomic E-state index is 0.0441. The average Bonchev–Trinajstić information content (AvgIpc) is 2.58. The molecule has 0 saturated carbocycles. The highest BCUT2D eigenvalue weighted by Gasteiger charge is 2.09. The fourth-order valence-electron chi connectivity index (χ4n) is 2.27. The third-order valence-electron chi connectivity index (χ3n) is 3.68. The van der Waals surface area contributed by atoms with E-state index in [0.717, 1.165) is 27.2 Å². The summed E-state index contributed by atoms with van der Waals surface area (Å²) in [6.07, 6.45) is 0. The summed E-state index contributed by atoms with van der Waals surface area (Å²) in [7, 11) is 3.52. The number of amides is 1. The summed E-state index contributed by atoms with van der Waals surface area (Å²) in [5, 5.41) is 2.93. The molecule has 0 aliphatic rings. The molecule has 1 N–H and O–H groups in total. The van der Waals surface area contributed by atoms with Gasteiger partial charge in [-0.05, 0) is 62.0 Å². The molecule has 2 aromatic rings. The SMILES string of the molecule is COc1ccc(OCCN(C)CC(=O)Nc2ccc(Br)cc2C)cc1. The Balaban J connectivity index is 1.73. The first kappa shape index (κ1) is 19.3. The van der Waals surface area contributed by atoms with E-state index in [2.05, 4.69) is 21.2 Å². The van der Waals surface area contributed by atoms with Gasteiger partial charge in [-0.1, -0.05) is 15.9 Å². The van der Waals surface area contributed by atoms with E-state index in [4.69, 9.17) is 9.47 Å². The van der Waals surface area contributed by atoms with E-state index in [1.54, 1.807) is 7.11 Å². The van der Waals surface area contributed by atoms with Gasteiger partial charge in [0.2, 0.25) is 5.91 Å².